The Morgan fingerprint density at radius 3 is 2.40 bits per heavy atom. The number of hydrogen-bond donors (Lipinski definition) is 2. The predicted octanol–water partition coefficient (Wildman–Crippen LogP) is 3.80. The summed E-state index contributed by atoms with van der Waals surface area (Å²) in [5, 5.41) is 20.0. The van der Waals surface area contributed by atoms with Crippen molar-refractivity contribution < 1.29 is 24.5 Å². The molecule has 1 atom stereocenters. The molecule has 0 amide bonds. The lowest BCUT2D eigenvalue weighted by molar-refractivity contribution is -0.116. The van der Waals surface area contributed by atoms with Crippen LogP contribution in [0.5, 0.6) is 17.2 Å². The molecule has 0 fully saturated rings. The maximum Gasteiger partial charge on any atom is 0.200 e. The third kappa shape index (κ3) is 7.61. The third-order valence-electron chi connectivity index (χ3n) is 4.02. The number of aliphatic hydroxyl groups excluding tert-OH is 1. The van der Waals surface area contributed by atoms with Gasteiger partial charge in [-0.1, -0.05) is 25.8 Å². The predicted molar refractivity (Wildman–Crippen MR) is 98.4 cm³/mol. The lowest BCUT2D eigenvalue weighted by Gasteiger charge is -2.13. The highest BCUT2D eigenvalue weighted by Gasteiger charge is 2.13. The van der Waals surface area contributed by atoms with Crippen LogP contribution in [0, 0.1) is 0 Å². The minimum Gasteiger partial charge on any atom is -0.502 e. The Morgan fingerprint density at radius 2 is 1.84 bits per heavy atom. The lowest BCUT2D eigenvalue weighted by Crippen LogP contribution is -2.13. The Morgan fingerprint density at radius 1 is 1.20 bits per heavy atom. The number of allylic oxidation sites excluding steroid dienone is 2. The van der Waals surface area contributed by atoms with E-state index in [-0.39, 0.29) is 18.0 Å². The van der Waals surface area contributed by atoms with Crippen molar-refractivity contribution in [3.05, 3.63) is 29.8 Å². The van der Waals surface area contributed by atoms with Crippen LogP contribution < -0.4 is 9.47 Å². The number of ether oxygens (including phenoxy) is 2. The zero-order valence-electron chi connectivity index (χ0n) is 15.5. The SMILES string of the molecule is CCCCCC=CC(=O)C[C@H](O)CCc1cc(OC)c(O)c(OC)c1. The number of unbranched alkanes of at least 4 members (excludes halogenated alkanes) is 3. The summed E-state index contributed by atoms with van der Waals surface area (Å²) < 4.78 is 10.2. The molecule has 0 aliphatic heterocycles. The van der Waals surface area contributed by atoms with Crippen molar-refractivity contribution in [1.29, 1.82) is 0 Å². The van der Waals surface area contributed by atoms with Gasteiger partial charge in [-0.25, -0.2) is 0 Å². The maximum atomic E-state index is 11.8. The zero-order valence-corrected chi connectivity index (χ0v) is 15.5. The molecule has 0 unspecified atom stereocenters. The van der Waals surface area contributed by atoms with E-state index < -0.39 is 6.10 Å². The number of methoxy groups -OCH3 is 2. The highest BCUT2D eigenvalue weighted by Crippen LogP contribution is 2.37. The van der Waals surface area contributed by atoms with E-state index in [1.807, 2.05) is 6.08 Å². The van der Waals surface area contributed by atoms with Crippen molar-refractivity contribution in [2.75, 3.05) is 14.2 Å². The van der Waals surface area contributed by atoms with Gasteiger partial charge in [0.25, 0.3) is 0 Å². The fraction of sp³-hybridized carbons (Fsp3) is 0.550. The van der Waals surface area contributed by atoms with Crippen LogP contribution in [-0.2, 0) is 11.2 Å². The molecule has 0 aromatic heterocycles. The smallest absolute Gasteiger partial charge is 0.200 e. The first-order valence-electron chi connectivity index (χ1n) is 8.83. The molecule has 0 aliphatic carbocycles. The van der Waals surface area contributed by atoms with E-state index >= 15 is 0 Å². The fourth-order valence-corrected chi connectivity index (χ4v) is 2.55. The minimum atomic E-state index is -0.696. The van der Waals surface area contributed by atoms with Gasteiger partial charge in [0.1, 0.15) is 0 Å². The number of rotatable bonds is 12. The van der Waals surface area contributed by atoms with Crippen LogP contribution in [0.2, 0.25) is 0 Å². The number of phenolic OH excluding ortho intramolecular Hbond substituents is 1. The minimum absolute atomic E-state index is 0.0438. The van der Waals surface area contributed by atoms with E-state index in [9.17, 15) is 15.0 Å². The van der Waals surface area contributed by atoms with E-state index in [1.54, 1.807) is 18.2 Å². The molecule has 0 saturated carbocycles. The van der Waals surface area contributed by atoms with Gasteiger partial charge in [-0.2, -0.15) is 0 Å². The molecule has 5 nitrogen and oxygen atoms in total. The molecule has 0 heterocycles. The number of ketones is 1. The Kier molecular flexibility index (Phi) is 9.70. The molecule has 1 aromatic rings. The van der Waals surface area contributed by atoms with Gasteiger partial charge in [-0.3, -0.25) is 4.79 Å². The normalized spacial score (nSPS) is 12.3. The highest BCUT2D eigenvalue weighted by molar-refractivity contribution is 5.89. The van der Waals surface area contributed by atoms with Gasteiger partial charge in [-0.05, 0) is 49.5 Å². The summed E-state index contributed by atoms with van der Waals surface area (Å²) in [6.45, 7) is 2.14. The number of benzene rings is 1. The van der Waals surface area contributed by atoms with Gasteiger partial charge in [0.15, 0.2) is 17.3 Å². The average Bonchev–Trinajstić information content (AvgIpc) is 2.60. The molecule has 0 saturated heterocycles. The molecule has 0 bridgehead atoms. The van der Waals surface area contributed by atoms with Crippen molar-refractivity contribution in [2.24, 2.45) is 0 Å². The molecular weight excluding hydrogens is 320 g/mol. The number of carbonyl (C=O) groups is 1. The standard InChI is InChI=1S/C20H30O5/c1-4-5-6-7-8-9-16(21)14-17(22)11-10-15-12-18(24-2)20(23)19(13-15)25-3/h8-9,12-13,17,22-23H,4-7,10-11,14H2,1-3H3/t17-/m1/s1. The Labute approximate surface area is 150 Å². The van der Waals surface area contributed by atoms with E-state index in [2.05, 4.69) is 6.92 Å². The molecule has 1 aromatic carbocycles. The first-order chi connectivity index (χ1) is 12.0. The largest absolute Gasteiger partial charge is 0.502 e. The summed E-state index contributed by atoms with van der Waals surface area (Å²) in [4.78, 5) is 11.8. The molecule has 0 spiro atoms. The Hall–Kier alpha value is -2.01. The van der Waals surface area contributed by atoms with Gasteiger partial charge >= 0.3 is 0 Å². The lowest BCUT2D eigenvalue weighted by atomic mass is 10.0. The third-order valence-corrected chi connectivity index (χ3v) is 4.02. The van der Waals surface area contributed by atoms with Gasteiger partial charge in [0, 0.05) is 6.42 Å². The fourth-order valence-electron chi connectivity index (χ4n) is 2.55. The summed E-state index contributed by atoms with van der Waals surface area (Å²) in [5.41, 5.74) is 0.869. The van der Waals surface area contributed by atoms with Gasteiger partial charge in [-0.15, -0.1) is 0 Å². The summed E-state index contributed by atoms with van der Waals surface area (Å²) >= 11 is 0. The second kappa shape index (κ2) is 11.5. The summed E-state index contributed by atoms with van der Waals surface area (Å²) in [5.74, 6) is 0.562. The Bertz CT molecular complexity index is 540. The molecule has 5 heteroatoms. The molecular formula is C20H30O5. The number of carbonyl (C=O) groups excluding carboxylic acids is 1. The van der Waals surface area contributed by atoms with Crippen molar-refractivity contribution >= 4 is 5.78 Å². The van der Waals surface area contributed by atoms with Crippen LogP contribution in [0.25, 0.3) is 0 Å². The summed E-state index contributed by atoms with van der Waals surface area (Å²) in [7, 11) is 2.94. The van der Waals surface area contributed by atoms with E-state index in [0.717, 1.165) is 24.8 Å². The summed E-state index contributed by atoms with van der Waals surface area (Å²) in [6, 6.07) is 3.42. The van der Waals surface area contributed by atoms with Crippen LogP contribution in [0.3, 0.4) is 0 Å². The molecule has 0 radical (unpaired) electrons. The van der Waals surface area contributed by atoms with Crippen LogP contribution >= 0.6 is 0 Å². The second-order valence-electron chi connectivity index (χ2n) is 6.11. The van der Waals surface area contributed by atoms with Crippen molar-refractivity contribution in [3.8, 4) is 17.2 Å². The van der Waals surface area contributed by atoms with Gasteiger partial charge in [0.05, 0.1) is 20.3 Å². The van der Waals surface area contributed by atoms with Crippen molar-refractivity contribution in [1.82, 2.24) is 0 Å². The average molecular weight is 350 g/mol. The molecule has 140 valence electrons. The monoisotopic (exact) mass is 350 g/mol. The zero-order chi connectivity index (χ0) is 18.7. The first-order valence-corrected chi connectivity index (χ1v) is 8.83. The molecule has 0 aliphatic rings. The number of aromatic hydroxyl groups is 1. The van der Waals surface area contributed by atoms with Crippen LogP contribution in [0.4, 0.5) is 0 Å². The topological polar surface area (TPSA) is 76.0 Å². The number of aryl methyl sites for hydroxylation is 1. The van der Waals surface area contributed by atoms with E-state index in [0.29, 0.717) is 24.3 Å². The molecule has 1 rings (SSSR count). The quantitative estimate of drug-likeness (QED) is 0.443. The number of phenols is 1. The van der Waals surface area contributed by atoms with Crippen molar-refractivity contribution in [2.45, 2.75) is 58.0 Å². The molecule has 2 N–H and O–H groups in total. The summed E-state index contributed by atoms with van der Waals surface area (Å²) in [6.07, 6.45) is 8.22. The van der Waals surface area contributed by atoms with Crippen LogP contribution in [-0.4, -0.2) is 36.3 Å². The second-order valence-corrected chi connectivity index (χ2v) is 6.11. The molecule has 25 heavy (non-hydrogen) atoms. The highest BCUT2D eigenvalue weighted by atomic mass is 16.5. The van der Waals surface area contributed by atoms with E-state index in [1.165, 1.54) is 20.6 Å². The first kappa shape index (κ1) is 21.0. The van der Waals surface area contributed by atoms with Crippen LogP contribution in [0.1, 0.15) is 51.0 Å². The number of aliphatic hydroxyl groups is 1. The van der Waals surface area contributed by atoms with Crippen molar-refractivity contribution in [3.63, 3.8) is 0 Å². The number of hydrogen-bond acceptors (Lipinski definition) is 5. The Balaban J connectivity index is 2.48. The maximum absolute atomic E-state index is 11.8. The van der Waals surface area contributed by atoms with E-state index in [4.69, 9.17) is 9.47 Å². The van der Waals surface area contributed by atoms with Crippen LogP contribution in [0.15, 0.2) is 24.3 Å². The van der Waals surface area contributed by atoms with Gasteiger partial charge in [0.2, 0.25) is 5.75 Å². The van der Waals surface area contributed by atoms with Gasteiger partial charge < -0.3 is 19.7 Å².